The number of hydrogen-bond acceptors (Lipinski definition) is 2. The van der Waals surface area contributed by atoms with Crippen LogP contribution in [0.25, 0.3) is 0 Å². The van der Waals surface area contributed by atoms with Gasteiger partial charge in [0.05, 0.1) is 6.21 Å². The Morgan fingerprint density at radius 1 is 1.24 bits per heavy atom. The second-order valence-electron chi connectivity index (χ2n) is 4.47. The van der Waals surface area contributed by atoms with Gasteiger partial charge in [0.1, 0.15) is 0 Å². The van der Waals surface area contributed by atoms with Crippen molar-refractivity contribution in [1.82, 2.24) is 10.3 Å². The van der Waals surface area contributed by atoms with Crippen molar-refractivity contribution in [3.8, 4) is 0 Å². The molecule has 0 aliphatic carbocycles. The van der Waals surface area contributed by atoms with Crippen LogP contribution in [0.4, 0.5) is 0 Å². The first kappa shape index (κ1) is 15.5. The van der Waals surface area contributed by atoms with Gasteiger partial charge in [0.15, 0.2) is 5.11 Å². The van der Waals surface area contributed by atoms with Gasteiger partial charge in [-0.15, -0.1) is 0 Å². The maximum Gasteiger partial charge on any atom is 0.189 e. The highest BCUT2D eigenvalue weighted by Crippen LogP contribution is 2.09. The largest absolute Gasteiger partial charge is 0.357 e. The zero-order chi connectivity index (χ0) is 15.1. The molecule has 2 rings (SSSR count). The number of rotatable bonds is 4. The summed E-state index contributed by atoms with van der Waals surface area (Å²) in [6.07, 6.45) is 1.72. The maximum absolute atomic E-state index is 5.93. The van der Waals surface area contributed by atoms with E-state index in [1.54, 1.807) is 18.3 Å². The number of thiocarbonyl (C=S) groups is 1. The molecule has 0 fully saturated rings. The Hall–Kier alpha value is -1.91. The summed E-state index contributed by atoms with van der Waals surface area (Å²) < 4.78 is 0. The summed E-state index contributed by atoms with van der Waals surface area (Å²) >= 11 is 11.2. The number of hydrogen-bond donors (Lipinski definition) is 1. The molecule has 0 unspecified atom stereocenters. The molecule has 0 amide bonds. The van der Waals surface area contributed by atoms with Crippen molar-refractivity contribution in [2.75, 3.05) is 7.05 Å². The molecule has 0 saturated carbocycles. The zero-order valence-corrected chi connectivity index (χ0v) is 13.2. The SMILES string of the molecule is CN(/N=C\c1cccc(Cl)c1)C(=S)NCc1ccccc1. The average molecular weight is 318 g/mol. The van der Waals surface area contributed by atoms with Gasteiger partial charge in [-0.25, -0.2) is 5.01 Å². The number of nitrogens with zero attached hydrogens (tertiary/aromatic N) is 2. The normalized spacial score (nSPS) is 10.6. The van der Waals surface area contributed by atoms with E-state index < -0.39 is 0 Å². The van der Waals surface area contributed by atoms with Crippen molar-refractivity contribution in [1.29, 1.82) is 0 Å². The molecule has 0 spiro atoms. The highest BCUT2D eigenvalue weighted by Gasteiger charge is 2.01. The molecule has 3 nitrogen and oxygen atoms in total. The van der Waals surface area contributed by atoms with E-state index in [1.165, 1.54) is 5.56 Å². The summed E-state index contributed by atoms with van der Waals surface area (Å²) in [5, 5.41) is 10.3. The van der Waals surface area contributed by atoms with Gasteiger partial charge in [0.2, 0.25) is 0 Å². The lowest BCUT2D eigenvalue weighted by molar-refractivity contribution is 0.532. The fourth-order valence-corrected chi connectivity index (χ4v) is 2.00. The van der Waals surface area contributed by atoms with E-state index in [2.05, 4.69) is 10.4 Å². The molecule has 0 radical (unpaired) electrons. The van der Waals surface area contributed by atoms with Crippen LogP contribution in [0.1, 0.15) is 11.1 Å². The molecule has 0 heterocycles. The van der Waals surface area contributed by atoms with Crippen LogP contribution in [0.3, 0.4) is 0 Å². The molecule has 0 aliphatic rings. The van der Waals surface area contributed by atoms with E-state index in [0.717, 1.165) is 5.56 Å². The molecule has 0 aliphatic heterocycles. The van der Waals surface area contributed by atoms with E-state index in [4.69, 9.17) is 23.8 Å². The predicted octanol–water partition coefficient (Wildman–Crippen LogP) is 3.68. The van der Waals surface area contributed by atoms with Crippen molar-refractivity contribution < 1.29 is 0 Å². The standard InChI is InChI=1S/C16H16ClN3S/c1-20(19-12-14-8-5-9-15(17)10-14)16(21)18-11-13-6-3-2-4-7-13/h2-10,12H,11H2,1H3,(H,18,21)/b19-12-. The minimum atomic E-state index is 0.567. The molecule has 0 saturated heterocycles. The molecule has 2 aromatic rings. The number of hydrazone groups is 1. The molecular weight excluding hydrogens is 302 g/mol. The van der Waals surface area contributed by atoms with Crippen LogP contribution in [-0.4, -0.2) is 23.4 Å². The van der Waals surface area contributed by atoms with Crippen LogP contribution in [0.5, 0.6) is 0 Å². The minimum Gasteiger partial charge on any atom is -0.357 e. The smallest absolute Gasteiger partial charge is 0.189 e. The Labute approximate surface area is 135 Å². The Morgan fingerprint density at radius 2 is 2.00 bits per heavy atom. The van der Waals surface area contributed by atoms with Gasteiger partial charge in [-0.05, 0) is 35.5 Å². The first-order valence-corrected chi connectivity index (χ1v) is 7.29. The third kappa shape index (κ3) is 5.17. The Balaban J connectivity index is 1.87. The molecular formula is C16H16ClN3S. The van der Waals surface area contributed by atoms with Crippen molar-refractivity contribution >= 4 is 35.1 Å². The van der Waals surface area contributed by atoms with E-state index in [-0.39, 0.29) is 0 Å². The molecule has 0 bridgehead atoms. The van der Waals surface area contributed by atoms with Crippen LogP contribution in [0.15, 0.2) is 59.7 Å². The van der Waals surface area contributed by atoms with Crippen molar-refractivity contribution in [3.63, 3.8) is 0 Å². The van der Waals surface area contributed by atoms with Crippen LogP contribution in [0.2, 0.25) is 5.02 Å². The molecule has 108 valence electrons. The lowest BCUT2D eigenvalue weighted by Crippen LogP contribution is -2.33. The summed E-state index contributed by atoms with van der Waals surface area (Å²) in [5.41, 5.74) is 2.10. The lowest BCUT2D eigenvalue weighted by atomic mass is 10.2. The van der Waals surface area contributed by atoms with Gasteiger partial charge in [-0.2, -0.15) is 5.10 Å². The van der Waals surface area contributed by atoms with Crippen LogP contribution >= 0.6 is 23.8 Å². The monoisotopic (exact) mass is 317 g/mol. The lowest BCUT2D eigenvalue weighted by Gasteiger charge is -2.15. The Bertz CT molecular complexity index is 628. The fraction of sp³-hybridized carbons (Fsp3) is 0.125. The van der Waals surface area contributed by atoms with Gasteiger partial charge < -0.3 is 5.32 Å². The Morgan fingerprint density at radius 3 is 2.71 bits per heavy atom. The zero-order valence-electron chi connectivity index (χ0n) is 11.7. The van der Waals surface area contributed by atoms with Gasteiger partial charge in [0.25, 0.3) is 0 Å². The summed E-state index contributed by atoms with van der Waals surface area (Å²) in [6, 6.07) is 17.6. The second kappa shape index (κ2) is 7.76. The van der Waals surface area contributed by atoms with Crippen molar-refractivity contribution in [3.05, 3.63) is 70.7 Å². The molecule has 5 heteroatoms. The topological polar surface area (TPSA) is 27.6 Å². The van der Waals surface area contributed by atoms with Gasteiger partial charge in [0, 0.05) is 18.6 Å². The quantitative estimate of drug-likeness (QED) is 0.529. The van der Waals surface area contributed by atoms with Gasteiger partial charge in [-0.3, -0.25) is 0 Å². The molecule has 21 heavy (non-hydrogen) atoms. The van der Waals surface area contributed by atoms with Crippen molar-refractivity contribution in [2.45, 2.75) is 6.54 Å². The molecule has 0 atom stereocenters. The molecule has 2 aromatic carbocycles. The summed E-state index contributed by atoms with van der Waals surface area (Å²) in [7, 11) is 1.81. The van der Waals surface area contributed by atoms with E-state index >= 15 is 0 Å². The molecule has 0 aromatic heterocycles. The summed E-state index contributed by atoms with van der Waals surface area (Å²) in [6.45, 7) is 0.677. The van der Waals surface area contributed by atoms with Gasteiger partial charge >= 0.3 is 0 Å². The average Bonchev–Trinajstić information content (AvgIpc) is 2.51. The highest BCUT2D eigenvalue weighted by molar-refractivity contribution is 7.80. The van der Waals surface area contributed by atoms with E-state index in [0.29, 0.717) is 16.7 Å². The highest BCUT2D eigenvalue weighted by atomic mass is 35.5. The molecule has 1 N–H and O–H groups in total. The van der Waals surface area contributed by atoms with Crippen LogP contribution in [-0.2, 0) is 6.54 Å². The minimum absolute atomic E-state index is 0.567. The number of nitrogens with one attached hydrogen (secondary N) is 1. The van der Waals surface area contributed by atoms with Crippen LogP contribution in [0, 0.1) is 0 Å². The second-order valence-corrected chi connectivity index (χ2v) is 5.29. The van der Waals surface area contributed by atoms with Crippen molar-refractivity contribution in [2.24, 2.45) is 5.10 Å². The summed E-state index contributed by atoms with van der Waals surface area (Å²) in [5.74, 6) is 0. The summed E-state index contributed by atoms with van der Waals surface area (Å²) in [4.78, 5) is 0. The third-order valence-corrected chi connectivity index (χ3v) is 3.45. The number of benzene rings is 2. The first-order valence-electron chi connectivity index (χ1n) is 6.50. The van der Waals surface area contributed by atoms with Crippen LogP contribution < -0.4 is 5.32 Å². The predicted molar refractivity (Wildman–Crippen MR) is 92.7 cm³/mol. The Kier molecular flexibility index (Phi) is 5.72. The van der Waals surface area contributed by atoms with Gasteiger partial charge in [-0.1, -0.05) is 54.1 Å². The van der Waals surface area contributed by atoms with E-state index in [9.17, 15) is 0 Å². The van der Waals surface area contributed by atoms with E-state index in [1.807, 2.05) is 54.6 Å². The fourth-order valence-electron chi connectivity index (χ4n) is 1.68. The first-order chi connectivity index (χ1) is 10.1. The number of halogens is 1. The third-order valence-electron chi connectivity index (χ3n) is 2.81. The maximum atomic E-state index is 5.93.